The van der Waals surface area contributed by atoms with Gasteiger partial charge in [-0.3, -0.25) is 4.79 Å². The van der Waals surface area contributed by atoms with Crippen molar-refractivity contribution in [3.8, 4) is 0 Å². The molecule has 1 atom stereocenters. The topological polar surface area (TPSA) is 32.3 Å². The molecule has 0 aromatic rings. The van der Waals surface area contributed by atoms with Crippen LogP contribution < -0.4 is 5.32 Å². The summed E-state index contributed by atoms with van der Waals surface area (Å²) in [5.74, 6) is 0.257. The highest BCUT2D eigenvalue weighted by Gasteiger charge is 2.18. The van der Waals surface area contributed by atoms with Crippen LogP contribution in [-0.2, 0) is 4.79 Å². The monoisotopic (exact) mass is 238 g/mol. The Morgan fingerprint density at radius 1 is 1.53 bits per heavy atom. The molecule has 0 saturated carbocycles. The summed E-state index contributed by atoms with van der Waals surface area (Å²) in [7, 11) is 0. The molecule has 0 aromatic carbocycles. The molecule has 0 aromatic heterocycles. The molecule has 1 amide bonds. The predicted octanol–water partition coefficient (Wildman–Crippen LogP) is 2.33. The highest BCUT2D eigenvalue weighted by atomic mass is 16.2. The van der Waals surface area contributed by atoms with Gasteiger partial charge in [-0.1, -0.05) is 12.5 Å². The van der Waals surface area contributed by atoms with Crippen molar-refractivity contribution in [1.29, 1.82) is 0 Å². The average molecular weight is 238 g/mol. The zero-order valence-corrected chi connectivity index (χ0v) is 11.2. The first-order valence-corrected chi connectivity index (χ1v) is 6.79. The van der Waals surface area contributed by atoms with Crippen LogP contribution in [0.3, 0.4) is 0 Å². The summed E-state index contributed by atoms with van der Waals surface area (Å²) >= 11 is 0. The Bertz CT molecular complexity index is 245. The van der Waals surface area contributed by atoms with Gasteiger partial charge in [0.2, 0.25) is 5.91 Å². The van der Waals surface area contributed by atoms with Crippen molar-refractivity contribution in [3.05, 3.63) is 12.7 Å². The van der Waals surface area contributed by atoms with E-state index in [9.17, 15) is 4.79 Å². The molecule has 1 aliphatic heterocycles. The number of hydrogen-bond acceptors (Lipinski definition) is 2. The number of rotatable bonds is 6. The van der Waals surface area contributed by atoms with E-state index in [1.54, 1.807) is 6.08 Å². The van der Waals surface area contributed by atoms with E-state index >= 15 is 0 Å². The summed E-state index contributed by atoms with van der Waals surface area (Å²) in [6.07, 6.45) is 7.22. The SMILES string of the molecule is C=CCN(C(=O)CCC1CCCCN1)C(C)C. The summed E-state index contributed by atoms with van der Waals surface area (Å²) in [6.45, 7) is 9.59. The van der Waals surface area contributed by atoms with Gasteiger partial charge in [-0.15, -0.1) is 6.58 Å². The van der Waals surface area contributed by atoms with Gasteiger partial charge in [0.15, 0.2) is 0 Å². The zero-order valence-electron chi connectivity index (χ0n) is 11.2. The summed E-state index contributed by atoms with van der Waals surface area (Å²) in [6, 6.07) is 0.810. The molecule has 3 heteroatoms. The van der Waals surface area contributed by atoms with Gasteiger partial charge >= 0.3 is 0 Å². The minimum atomic E-state index is 0.257. The van der Waals surface area contributed by atoms with Crippen molar-refractivity contribution in [1.82, 2.24) is 10.2 Å². The van der Waals surface area contributed by atoms with Crippen molar-refractivity contribution in [3.63, 3.8) is 0 Å². The molecule has 1 heterocycles. The molecule has 1 unspecified atom stereocenters. The molecule has 3 nitrogen and oxygen atoms in total. The standard InChI is InChI=1S/C14H26N2O/c1-4-11-16(12(2)3)14(17)9-8-13-7-5-6-10-15-13/h4,12-13,15H,1,5-11H2,2-3H3. The Morgan fingerprint density at radius 2 is 2.29 bits per heavy atom. The van der Waals surface area contributed by atoms with Gasteiger partial charge < -0.3 is 10.2 Å². The van der Waals surface area contributed by atoms with Crippen LogP contribution in [-0.4, -0.2) is 36.0 Å². The van der Waals surface area contributed by atoms with Crippen molar-refractivity contribution < 1.29 is 4.79 Å². The predicted molar refractivity (Wildman–Crippen MR) is 71.9 cm³/mol. The molecule has 0 aliphatic carbocycles. The smallest absolute Gasteiger partial charge is 0.223 e. The molecule has 0 spiro atoms. The first kappa shape index (κ1) is 14.2. The number of hydrogen-bond donors (Lipinski definition) is 1. The number of nitrogens with zero attached hydrogens (tertiary/aromatic N) is 1. The first-order chi connectivity index (χ1) is 8.15. The molecular weight excluding hydrogens is 212 g/mol. The number of piperidine rings is 1. The molecular formula is C14H26N2O. The van der Waals surface area contributed by atoms with E-state index in [1.165, 1.54) is 19.3 Å². The van der Waals surface area contributed by atoms with Crippen LogP contribution in [0.1, 0.15) is 46.0 Å². The van der Waals surface area contributed by atoms with Crippen molar-refractivity contribution >= 4 is 5.91 Å². The second-order valence-corrected chi connectivity index (χ2v) is 5.11. The molecule has 17 heavy (non-hydrogen) atoms. The van der Waals surface area contributed by atoms with Crippen LogP contribution in [0.4, 0.5) is 0 Å². The summed E-state index contributed by atoms with van der Waals surface area (Å²) in [5.41, 5.74) is 0. The maximum atomic E-state index is 12.1. The average Bonchev–Trinajstić information content (AvgIpc) is 2.34. The van der Waals surface area contributed by atoms with E-state index in [-0.39, 0.29) is 11.9 Å². The summed E-state index contributed by atoms with van der Waals surface area (Å²) in [5, 5.41) is 3.48. The van der Waals surface area contributed by atoms with E-state index in [0.29, 0.717) is 19.0 Å². The van der Waals surface area contributed by atoms with Crippen LogP contribution in [0.25, 0.3) is 0 Å². The number of amides is 1. The molecule has 1 N–H and O–H groups in total. The van der Waals surface area contributed by atoms with Crippen LogP contribution in [0.2, 0.25) is 0 Å². The highest BCUT2D eigenvalue weighted by molar-refractivity contribution is 5.76. The van der Waals surface area contributed by atoms with Crippen LogP contribution in [0.5, 0.6) is 0 Å². The molecule has 1 aliphatic rings. The van der Waals surface area contributed by atoms with Crippen molar-refractivity contribution in [2.45, 2.75) is 58.0 Å². The molecule has 1 saturated heterocycles. The molecule has 0 bridgehead atoms. The van der Waals surface area contributed by atoms with Gasteiger partial charge in [0.25, 0.3) is 0 Å². The highest BCUT2D eigenvalue weighted by Crippen LogP contribution is 2.13. The molecule has 0 radical (unpaired) electrons. The van der Waals surface area contributed by atoms with Crippen LogP contribution >= 0.6 is 0 Å². The Balaban J connectivity index is 2.32. The van der Waals surface area contributed by atoms with Gasteiger partial charge in [-0.25, -0.2) is 0 Å². The van der Waals surface area contributed by atoms with Gasteiger partial charge in [-0.2, -0.15) is 0 Å². The fourth-order valence-corrected chi connectivity index (χ4v) is 2.35. The van der Waals surface area contributed by atoms with Crippen LogP contribution in [0, 0.1) is 0 Å². The third-order valence-corrected chi connectivity index (χ3v) is 3.39. The molecule has 1 rings (SSSR count). The van der Waals surface area contributed by atoms with E-state index in [1.807, 2.05) is 4.90 Å². The van der Waals surface area contributed by atoms with Crippen molar-refractivity contribution in [2.24, 2.45) is 0 Å². The quantitative estimate of drug-likeness (QED) is 0.720. The Labute approximate surface area is 105 Å². The fourth-order valence-electron chi connectivity index (χ4n) is 2.35. The van der Waals surface area contributed by atoms with E-state index in [0.717, 1.165) is 13.0 Å². The van der Waals surface area contributed by atoms with Gasteiger partial charge in [-0.05, 0) is 39.7 Å². The maximum Gasteiger partial charge on any atom is 0.223 e. The largest absolute Gasteiger partial charge is 0.337 e. The van der Waals surface area contributed by atoms with E-state index in [2.05, 4.69) is 25.7 Å². The maximum absolute atomic E-state index is 12.1. The van der Waals surface area contributed by atoms with Crippen LogP contribution in [0.15, 0.2) is 12.7 Å². The lowest BCUT2D eigenvalue weighted by molar-refractivity contribution is -0.132. The zero-order chi connectivity index (χ0) is 12.7. The van der Waals surface area contributed by atoms with E-state index in [4.69, 9.17) is 0 Å². The Morgan fingerprint density at radius 3 is 2.82 bits per heavy atom. The number of nitrogens with one attached hydrogen (secondary N) is 1. The summed E-state index contributed by atoms with van der Waals surface area (Å²) < 4.78 is 0. The Hall–Kier alpha value is -0.830. The van der Waals surface area contributed by atoms with Gasteiger partial charge in [0, 0.05) is 25.0 Å². The van der Waals surface area contributed by atoms with E-state index < -0.39 is 0 Å². The van der Waals surface area contributed by atoms with Crippen molar-refractivity contribution in [2.75, 3.05) is 13.1 Å². The molecule has 98 valence electrons. The van der Waals surface area contributed by atoms with Gasteiger partial charge in [0.1, 0.15) is 0 Å². The second kappa shape index (κ2) is 7.49. The lowest BCUT2D eigenvalue weighted by Crippen LogP contribution is -2.39. The lowest BCUT2D eigenvalue weighted by Gasteiger charge is -2.27. The molecule has 1 fully saturated rings. The third kappa shape index (κ3) is 4.90. The minimum Gasteiger partial charge on any atom is -0.337 e. The third-order valence-electron chi connectivity index (χ3n) is 3.39. The first-order valence-electron chi connectivity index (χ1n) is 6.79. The fraction of sp³-hybridized carbons (Fsp3) is 0.786. The van der Waals surface area contributed by atoms with Gasteiger partial charge in [0.05, 0.1) is 0 Å². The number of carbonyl (C=O) groups is 1. The minimum absolute atomic E-state index is 0.257. The lowest BCUT2D eigenvalue weighted by atomic mass is 10.00. The Kier molecular flexibility index (Phi) is 6.27. The summed E-state index contributed by atoms with van der Waals surface area (Å²) in [4.78, 5) is 14.0. The number of carbonyl (C=O) groups excluding carboxylic acids is 1. The normalized spacial score (nSPS) is 20.3. The second-order valence-electron chi connectivity index (χ2n) is 5.11.